The van der Waals surface area contributed by atoms with Crippen molar-refractivity contribution in [2.24, 2.45) is 0 Å². The van der Waals surface area contributed by atoms with Gasteiger partial charge in [-0.25, -0.2) is 9.59 Å². The summed E-state index contributed by atoms with van der Waals surface area (Å²) in [7, 11) is 1.25. The van der Waals surface area contributed by atoms with Gasteiger partial charge < -0.3 is 19.5 Å². The van der Waals surface area contributed by atoms with Gasteiger partial charge in [0.25, 0.3) is 0 Å². The Morgan fingerprint density at radius 3 is 2.67 bits per heavy atom. The molecule has 2 heterocycles. The number of esters is 1. The van der Waals surface area contributed by atoms with Gasteiger partial charge in [0, 0.05) is 10.6 Å². The van der Waals surface area contributed by atoms with Crippen molar-refractivity contribution in [2.45, 2.75) is 23.5 Å². The molecule has 1 unspecified atom stereocenters. The maximum absolute atomic E-state index is 12.6. The Morgan fingerprint density at radius 2 is 1.90 bits per heavy atom. The SMILES string of the molecule is COC(=O)OC1=C(C)NC2=C(C(=O)OC2)C1c1ccccc1SCc1ccccc1. The largest absolute Gasteiger partial charge is 0.513 e. The molecule has 7 heteroatoms. The number of carbonyl (C=O) groups excluding carboxylic acids is 2. The maximum Gasteiger partial charge on any atom is 0.513 e. The zero-order valence-electron chi connectivity index (χ0n) is 16.6. The Bertz CT molecular complexity index is 1040. The highest BCUT2D eigenvalue weighted by atomic mass is 32.2. The van der Waals surface area contributed by atoms with Gasteiger partial charge in [0.15, 0.2) is 0 Å². The van der Waals surface area contributed by atoms with E-state index in [1.165, 1.54) is 12.7 Å². The van der Waals surface area contributed by atoms with Gasteiger partial charge in [-0.1, -0.05) is 48.5 Å². The van der Waals surface area contributed by atoms with Crippen LogP contribution in [0.3, 0.4) is 0 Å². The van der Waals surface area contributed by atoms with Crippen molar-refractivity contribution >= 4 is 23.9 Å². The van der Waals surface area contributed by atoms with Crippen molar-refractivity contribution < 1.29 is 23.8 Å². The third-order valence-electron chi connectivity index (χ3n) is 4.98. The van der Waals surface area contributed by atoms with Crippen molar-refractivity contribution in [1.82, 2.24) is 5.32 Å². The van der Waals surface area contributed by atoms with Crippen molar-refractivity contribution in [2.75, 3.05) is 13.7 Å². The minimum absolute atomic E-state index is 0.173. The van der Waals surface area contributed by atoms with E-state index < -0.39 is 18.0 Å². The molecule has 0 bridgehead atoms. The van der Waals surface area contributed by atoms with E-state index >= 15 is 0 Å². The summed E-state index contributed by atoms with van der Waals surface area (Å²) in [4.78, 5) is 25.5. The Balaban J connectivity index is 1.74. The normalized spacial score (nSPS) is 17.9. The average molecular weight is 423 g/mol. The van der Waals surface area contributed by atoms with Crippen LogP contribution < -0.4 is 5.32 Å². The number of benzene rings is 2. The number of hydrogen-bond acceptors (Lipinski definition) is 7. The van der Waals surface area contributed by atoms with Crippen LogP contribution in [0.5, 0.6) is 0 Å². The number of carbonyl (C=O) groups is 2. The monoisotopic (exact) mass is 423 g/mol. The molecule has 4 rings (SSSR count). The second-order valence-electron chi connectivity index (χ2n) is 6.88. The van der Waals surface area contributed by atoms with E-state index in [-0.39, 0.29) is 6.61 Å². The molecule has 154 valence electrons. The highest BCUT2D eigenvalue weighted by Crippen LogP contribution is 2.44. The van der Waals surface area contributed by atoms with E-state index in [0.717, 1.165) is 16.2 Å². The number of cyclic esters (lactones) is 1. The zero-order valence-corrected chi connectivity index (χ0v) is 17.5. The molecule has 0 saturated heterocycles. The van der Waals surface area contributed by atoms with Gasteiger partial charge in [-0.3, -0.25) is 0 Å². The predicted octanol–water partition coefficient (Wildman–Crippen LogP) is 4.49. The Labute approximate surface area is 178 Å². The third-order valence-corrected chi connectivity index (χ3v) is 6.14. The van der Waals surface area contributed by atoms with Gasteiger partial charge in [-0.2, -0.15) is 0 Å². The van der Waals surface area contributed by atoms with Crippen molar-refractivity contribution in [3.63, 3.8) is 0 Å². The number of nitrogens with one attached hydrogen (secondary N) is 1. The molecular formula is C23H21NO5S. The summed E-state index contributed by atoms with van der Waals surface area (Å²) in [6, 6.07) is 18.0. The average Bonchev–Trinajstić information content (AvgIpc) is 3.13. The second-order valence-corrected chi connectivity index (χ2v) is 7.90. The summed E-state index contributed by atoms with van der Waals surface area (Å²) in [6.07, 6.45) is -0.832. The van der Waals surface area contributed by atoms with Crippen LogP contribution in [0.2, 0.25) is 0 Å². The molecule has 6 nitrogen and oxygen atoms in total. The van der Waals surface area contributed by atoms with E-state index in [0.29, 0.717) is 22.7 Å². The van der Waals surface area contributed by atoms with Crippen LogP contribution in [0.25, 0.3) is 0 Å². The molecule has 1 atom stereocenters. The topological polar surface area (TPSA) is 73.9 Å². The van der Waals surface area contributed by atoms with Crippen LogP contribution in [0.4, 0.5) is 4.79 Å². The molecule has 0 aliphatic carbocycles. The van der Waals surface area contributed by atoms with Crippen molar-refractivity contribution in [3.05, 3.63) is 88.5 Å². The lowest BCUT2D eigenvalue weighted by Crippen LogP contribution is -2.28. The highest BCUT2D eigenvalue weighted by Gasteiger charge is 2.41. The smallest absolute Gasteiger partial charge is 0.456 e. The van der Waals surface area contributed by atoms with E-state index in [1.54, 1.807) is 18.7 Å². The zero-order chi connectivity index (χ0) is 21.1. The summed E-state index contributed by atoms with van der Waals surface area (Å²) >= 11 is 1.67. The molecule has 0 radical (unpaired) electrons. The standard InChI is InChI=1S/C23H21NO5S/c1-14-21(29-23(26)27-2)19(20-17(24-14)12-28-22(20)25)16-10-6-7-11-18(16)30-13-15-8-4-3-5-9-15/h3-11,19,24H,12-13H2,1-2H3. The molecule has 2 aromatic carbocycles. The fourth-order valence-corrected chi connectivity index (χ4v) is 4.64. The summed E-state index contributed by atoms with van der Waals surface area (Å²) < 4.78 is 15.5. The lowest BCUT2D eigenvalue weighted by Gasteiger charge is -2.28. The number of dihydropyridines is 1. The minimum atomic E-state index is -0.832. The van der Waals surface area contributed by atoms with Gasteiger partial charge in [0.05, 0.1) is 30.0 Å². The Kier molecular flexibility index (Phi) is 5.81. The first-order valence-corrected chi connectivity index (χ1v) is 10.5. The molecular weight excluding hydrogens is 402 g/mol. The molecule has 0 aromatic heterocycles. The maximum atomic E-state index is 12.6. The Morgan fingerprint density at radius 1 is 1.17 bits per heavy atom. The number of allylic oxidation sites excluding steroid dienone is 2. The fourth-order valence-electron chi connectivity index (χ4n) is 3.60. The van der Waals surface area contributed by atoms with Crippen LogP contribution in [0.1, 0.15) is 24.0 Å². The van der Waals surface area contributed by atoms with Gasteiger partial charge in [-0.05, 0) is 24.1 Å². The molecule has 2 aromatic rings. The summed E-state index contributed by atoms with van der Waals surface area (Å²) in [6.45, 7) is 1.98. The van der Waals surface area contributed by atoms with Gasteiger partial charge >= 0.3 is 12.1 Å². The van der Waals surface area contributed by atoms with Crippen LogP contribution in [-0.2, 0) is 24.8 Å². The molecule has 1 N–H and O–H groups in total. The van der Waals surface area contributed by atoms with Crippen molar-refractivity contribution in [3.8, 4) is 0 Å². The molecule has 2 aliphatic heterocycles. The lowest BCUT2D eigenvalue weighted by atomic mass is 9.85. The van der Waals surface area contributed by atoms with E-state index in [4.69, 9.17) is 14.2 Å². The quantitative estimate of drug-likeness (QED) is 0.561. The summed E-state index contributed by atoms with van der Waals surface area (Å²) in [5.41, 5.74) is 3.88. The number of ether oxygens (including phenoxy) is 3. The van der Waals surface area contributed by atoms with Crippen LogP contribution in [0.15, 0.2) is 82.2 Å². The first-order valence-electron chi connectivity index (χ1n) is 9.48. The first kappa shape index (κ1) is 20.1. The molecule has 0 saturated carbocycles. The number of thioether (sulfide) groups is 1. The molecule has 2 aliphatic rings. The van der Waals surface area contributed by atoms with E-state index in [2.05, 4.69) is 17.4 Å². The van der Waals surface area contributed by atoms with E-state index in [9.17, 15) is 9.59 Å². The molecule has 30 heavy (non-hydrogen) atoms. The Hall–Kier alpha value is -3.19. The fraction of sp³-hybridized carbons (Fsp3) is 0.217. The van der Waals surface area contributed by atoms with Gasteiger partial charge in [0.2, 0.25) is 0 Å². The molecule has 0 fully saturated rings. The van der Waals surface area contributed by atoms with Gasteiger partial charge in [0.1, 0.15) is 12.4 Å². The first-order chi connectivity index (χ1) is 14.6. The van der Waals surface area contributed by atoms with E-state index in [1.807, 2.05) is 42.5 Å². The lowest BCUT2D eigenvalue weighted by molar-refractivity contribution is -0.136. The van der Waals surface area contributed by atoms with Crippen LogP contribution >= 0.6 is 11.8 Å². The number of hydrogen-bond donors (Lipinski definition) is 1. The predicted molar refractivity (Wildman–Crippen MR) is 112 cm³/mol. The third kappa shape index (κ3) is 3.93. The minimum Gasteiger partial charge on any atom is -0.456 e. The van der Waals surface area contributed by atoms with Gasteiger partial charge in [-0.15, -0.1) is 11.8 Å². The summed E-state index contributed by atoms with van der Waals surface area (Å²) in [5.74, 6) is 0.139. The van der Waals surface area contributed by atoms with Crippen LogP contribution in [-0.4, -0.2) is 25.8 Å². The number of rotatable bonds is 5. The van der Waals surface area contributed by atoms with Crippen LogP contribution in [0, 0.1) is 0 Å². The molecule has 0 spiro atoms. The highest BCUT2D eigenvalue weighted by molar-refractivity contribution is 7.98. The summed E-state index contributed by atoms with van der Waals surface area (Å²) in [5, 5.41) is 3.14. The second kappa shape index (κ2) is 8.67. The number of methoxy groups -OCH3 is 1. The van der Waals surface area contributed by atoms with Crippen molar-refractivity contribution in [1.29, 1.82) is 0 Å². The molecule has 0 amide bonds.